The SMILES string of the molecule is O=C(Nc1ccc(-n2cnnn2)cc1)NC1CCCCCCC1. The Morgan fingerprint density at radius 1 is 1.04 bits per heavy atom. The molecule has 0 unspecified atom stereocenters. The van der Waals surface area contributed by atoms with E-state index >= 15 is 0 Å². The molecule has 122 valence electrons. The van der Waals surface area contributed by atoms with Crippen molar-refractivity contribution in [2.75, 3.05) is 5.32 Å². The van der Waals surface area contributed by atoms with Crippen molar-refractivity contribution in [1.29, 1.82) is 0 Å². The van der Waals surface area contributed by atoms with E-state index in [0.29, 0.717) is 0 Å². The average molecular weight is 314 g/mol. The summed E-state index contributed by atoms with van der Waals surface area (Å²) in [5.74, 6) is 0. The zero-order valence-corrected chi connectivity index (χ0v) is 13.1. The first-order chi connectivity index (χ1) is 11.3. The standard InChI is InChI=1S/C16H22N6O/c23-16(18-13-6-4-2-1-3-5-7-13)19-14-8-10-15(11-9-14)22-12-17-20-21-22/h8-13H,1-7H2,(H2,18,19,23). The monoisotopic (exact) mass is 314 g/mol. The molecule has 2 N–H and O–H groups in total. The normalized spacial score (nSPS) is 16.3. The number of nitrogens with zero attached hydrogens (tertiary/aromatic N) is 4. The first kappa shape index (κ1) is 15.5. The molecule has 0 spiro atoms. The summed E-state index contributed by atoms with van der Waals surface area (Å²) in [4.78, 5) is 12.1. The number of nitrogens with one attached hydrogen (secondary N) is 2. The summed E-state index contributed by atoms with van der Waals surface area (Å²) in [6.45, 7) is 0. The minimum atomic E-state index is -0.134. The molecule has 1 aliphatic carbocycles. The summed E-state index contributed by atoms with van der Waals surface area (Å²) in [7, 11) is 0. The molecule has 23 heavy (non-hydrogen) atoms. The van der Waals surface area contributed by atoms with Gasteiger partial charge in [-0.2, -0.15) is 0 Å². The Morgan fingerprint density at radius 2 is 1.74 bits per heavy atom. The van der Waals surface area contributed by atoms with Crippen molar-refractivity contribution < 1.29 is 4.79 Å². The fourth-order valence-corrected chi connectivity index (χ4v) is 2.93. The van der Waals surface area contributed by atoms with Crippen LogP contribution in [0.15, 0.2) is 30.6 Å². The smallest absolute Gasteiger partial charge is 0.319 e. The lowest BCUT2D eigenvalue weighted by Crippen LogP contribution is -2.38. The Hall–Kier alpha value is -2.44. The fraction of sp³-hybridized carbons (Fsp3) is 0.500. The average Bonchev–Trinajstić information content (AvgIpc) is 3.05. The fourth-order valence-electron chi connectivity index (χ4n) is 2.93. The molecule has 1 saturated carbocycles. The van der Waals surface area contributed by atoms with Gasteiger partial charge in [0, 0.05) is 11.7 Å². The maximum atomic E-state index is 12.1. The number of aromatic nitrogens is 4. The number of amides is 2. The van der Waals surface area contributed by atoms with Gasteiger partial charge in [-0.05, 0) is 47.5 Å². The predicted octanol–water partition coefficient (Wildman–Crippen LogP) is 2.90. The van der Waals surface area contributed by atoms with E-state index < -0.39 is 0 Å². The molecule has 1 heterocycles. The number of benzene rings is 1. The van der Waals surface area contributed by atoms with E-state index in [4.69, 9.17) is 0 Å². The molecule has 1 aromatic carbocycles. The largest absolute Gasteiger partial charge is 0.335 e. The number of hydrogen-bond acceptors (Lipinski definition) is 4. The maximum absolute atomic E-state index is 12.1. The number of rotatable bonds is 3. The van der Waals surface area contributed by atoms with Crippen LogP contribution in [-0.2, 0) is 0 Å². The maximum Gasteiger partial charge on any atom is 0.319 e. The second kappa shape index (κ2) is 7.71. The zero-order valence-electron chi connectivity index (χ0n) is 13.1. The van der Waals surface area contributed by atoms with Crippen LogP contribution in [0.25, 0.3) is 5.69 Å². The summed E-state index contributed by atoms with van der Waals surface area (Å²) in [5, 5.41) is 17.0. The lowest BCUT2D eigenvalue weighted by Gasteiger charge is -2.21. The number of carbonyl (C=O) groups excluding carboxylic acids is 1. The van der Waals surface area contributed by atoms with Gasteiger partial charge in [0.2, 0.25) is 0 Å². The Bertz CT molecular complexity index is 602. The number of tetrazole rings is 1. The second-order valence-corrected chi connectivity index (χ2v) is 5.94. The van der Waals surface area contributed by atoms with Gasteiger partial charge in [0.25, 0.3) is 0 Å². The Morgan fingerprint density at radius 3 is 2.39 bits per heavy atom. The molecule has 7 heteroatoms. The molecule has 1 fully saturated rings. The highest BCUT2D eigenvalue weighted by Gasteiger charge is 2.14. The van der Waals surface area contributed by atoms with Crippen LogP contribution in [0.4, 0.5) is 10.5 Å². The van der Waals surface area contributed by atoms with E-state index in [-0.39, 0.29) is 12.1 Å². The van der Waals surface area contributed by atoms with E-state index in [1.54, 1.807) is 4.68 Å². The van der Waals surface area contributed by atoms with Gasteiger partial charge in [0.15, 0.2) is 0 Å². The minimum absolute atomic E-state index is 0.134. The summed E-state index contributed by atoms with van der Waals surface area (Å²) in [5.41, 5.74) is 1.60. The molecule has 0 bridgehead atoms. The van der Waals surface area contributed by atoms with Gasteiger partial charge in [0.1, 0.15) is 6.33 Å². The lowest BCUT2D eigenvalue weighted by atomic mass is 9.97. The number of anilines is 1. The summed E-state index contributed by atoms with van der Waals surface area (Å²) < 4.78 is 1.57. The highest BCUT2D eigenvalue weighted by molar-refractivity contribution is 5.89. The van der Waals surface area contributed by atoms with Crippen molar-refractivity contribution in [3.8, 4) is 5.69 Å². The van der Waals surface area contributed by atoms with E-state index in [9.17, 15) is 4.79 Å². The van der Waals surface area contributed by atoms with Crippen molar-refractivity contribution in [3.63, 3.8) is 0 Å². The van der Waals surface area contributed by atoms with Crippen molar-refractivity contribution >= 4 is 11.7 Å². The molecule has 0 aliphatic heterocycles. The Labute approximate surface area is 135 Å². The third kappa shape index (κ3) is 4.51. The van der Waals surface area contributed by atoms with Crippen molar-refractivity contribution in [1.82, 2.24) is 25.5 Å². The van der Waals surface area contributed by atoms with Gasteiger partial charge in [-0.25, -0.2) is 9.48 Å². The van der Waals surface area contributed by atoms with Crippen LogP contribution in [0.1, 0.15) is 44.9 Å². The summed E-state index contributed by atoms with van der Waals surface area (Å²) in [6, 6.07) is 7.56. The number of hydrogen-bond donors (Lipinski definition) is 2. The molecule has 1 aromatic heterocycles. The van der Waals surface area contributed by atoms with E-state index in [2.05, 4.69) is 26.2 Å². The Kier molecular flexibility index (Phi) is 5.18. The summed E-state index contributed by atoms with van der Waals surface area (Å²) in [6.07, 6.45) is 9.96. The van der Waals surface area contributed by atoms with Gasteiger partial charge in [-0.1, -0.05) is 32.1 Å². The molecule has 0 atom stereocenters. The van der Waals surface area contributed by atoms with Gasteiger partial charge >= 0.3 is 6.03 Å². The number of carbonyl (C=O) groups is 1. The van der Waals surface area contributed by atoms with Crippen LogP contribution in [0.5, 0.6) is 0 Å². The molecule has 2 amide bonds. The quantitative estimate of drug-likeness (QED) is 0.912. The Balaban J connectivity index is 1.53. The third-order valence-corrected chi connectivity index (χ3v) is 4.18. The first-order valence-electron chi connectivity index (χ1n) is 8.22. The van der Waals surface area contributed by atoms with Gasteiger partial charge < -0.3 is 10.6 Å². The van der Waals surface area contributed by atoms with Crippen LogP contribution in [0.3, 0.4) is 0 Å². The lowest BCUT2D eigenvalue weighted by molar-refractivity contribution is 0.245. The zero-order chi connectivity index (χ0) is 15.9. The topological polar surface area (TPSA) is 84.7 Å². The predicted molar refractivity (Wildman–Crippen MR) is 87.4 cm³/mol. The third-order valence-electron chi connectivity index (χ3n) is 4.18. The second-order valence-electron chi connectivity index (χ2n) is 5.94. The van der Waals surface area contributed by atoms with Crippen LogP contribution in [0, 0.1) is 0 Å². The molecule has 3 rings (SSSR count). The molecular weight excluding hydrogens is 292 g/mol. The van der Waals surface area contributed by atoms with Gasteiger partial charge in [0.05, 0.1) is 5.69 Å². The van der Waals surface area contributed by atoms with Crippen LogP contribution in [-0.4, -0.2) is 32.3 Å². The van der Waals surface area contributed by atoms with Crippen LogP contribution >= 0.6 is 0 Å². The van der Waals surface area contributed by atoms with Gasteiger partial charge in [-0.15, -0.1) is 5.10 Å². The van der Waals surface area contributed by atoms with E-state index in [1.165, 1.54) is 38.4 Å². The van der Waals surface area contributed by atoms with Gasteiger partial charge in [-0.3, -0.25) is 0 Å². The molecule has 0 saturated heterocycles. The molecule has 0 radical (unpaired) electrons. The highest BCUT2D eigenvalue weighted by atomic mass is 16.2. The minimum Gasteiger partial charge on any atom is -0.335 e. The molecule has 1 aliphatic rings. The molecule has 7 nitrogen and oxygen atoms in total. The number of urea groups is 1. The van der Waals surface area contributed by atoms with Crippen molar-refractivity contribution in [2.45, 2.75) is 51.0 Å². The van der Waals surface area contributed by atoms with Crippen LogP contribution in [0.2, 0.25) is 0 Å². The van der Waals surface area contributed by atoms with E-state index in [0.717, 1.165) is 24.2 Å². The highest BCUT2D eigenvalue weighted by Crippen LogP contribution is 2.17. The molecule has 2 aromatic rings. The first-order valence-corrected chi connectivity index (χ1v) is 8.22. The van der Waals surface area contributed by atoms with Crippen molar-refractivity contribution in [3.05, 3.63) is 30.6 Å². The molecular formula is C16H22N6O. The van der Waals surface area contributed by atoms with E-state index in [1.807, 2.05) is 24.3 Å². The summed E-state index contributed by atoms with van der Waals surface area (Å²) >= 11 is 0. The van der Waals surface area contributed by atoms with Crippen molar-refractivity contribution in [2.24, 2.45) is 0 Å². The van der Waals surface area contributed by atoms with Crippen LogP contribution < -0.4 is 10.6 Å².